The van der Waals surface area contributed by atoms with Gasteiger partial charge in [-0.05, 0) is 117 Å². The van der Waals surface area contributed by atoms with E-state index in [1.54, 1.807) is 0 Å². The molecule has 2 aromatic heterocycles. The van der Waals surface area contributed by atoms with E-state index < -0.39 is 0 Å². The van der Waals surface area contributed by atoms with E-state index in [2.05, 4.69) is 240 Å². The molecule has 2 heterocycles. The van der Waals surface area contributed by atoms with Gasteiger partial charge in [0, 0.05) is 44.3 Å². The third-order valence-electron chi connectivity index (χ3n) is 12.4. The second-order valence-electron chi connectivity index (χ2n) is 16.1. The SMILES string of the molecule is c1ccc(-c2ccc(-c3ccc(N(c4ccc(-c5ccc(-c6ccc7c(c6)oc6ccccc67)cc5)cc4)c4cccc(-n5c6ccccc6c6ccccc65)c4)cc3)cc2)cc1. The van der Waals surface area contributed by atoms with E-state index in [0.717, 1.165) is 66.9 Å². The van der Waals surface area contributed by atoms with Crippen LogP contribution in [-0.4, -0.2) is 4.57 Å². The summed E-state index contributed by atoms with van der Waals surface area (Å²) in [4.78, 5) is 2.36. The minimum absolute atomic E-state index is 0.908. The summed E-state index contributed by atoms with van der Waals surface area (Å²) in [5.74, 6) is 0. The zero-order valence-corrected chi connectivity index (χ0v) is 34.4. The lowest BCUT2D eigenvalue weighted by Gasteiger charge is -2.26. The Morgan fingerprint density at radius 3 is 1.27 bits per heavy atom. The fraction of sp³-hybridized carbons (Fsp3) is 0. The number of hydrogen-bond donors (Lipinski definition) is 0. The van der Waals surface area contributed by atoms with Gasteiger partial charge >= 0.3 is 0 Å². The van der Waals surface area contributed by atoms with Crippen molar-refractivity contribution in [1.82, 2.24) is 4.57 Å². The molecule has 0 fully saturated rings. The normalized spacial score (nSPS) is 11.5. The lowest BCUT2D eigenvalue weighted by molar-refractivity contribution is 0.669. The Balaban J connectivity index is 0.898. The summed E-state index contributed by atoms with van der Waals surface area (Å²) in [5.41, 5.74) is 18.0. The number of rotatable bonds is 8. The van der Waals surface area contributed by atoms with Crippen LogP contribution in [0, 0.1) is 0 Å². The molecule has 63 heavy (non-hydrogen) atoms. The Labute approximate surface area is 366 Å². The Bertz CT molecular complexity index is 3530. The largest absolute Gasteiger partial charge is 0.456 e. The van der Waals surface area contributed by atoms with E-state index in [9.17, 15) is 0 Å². The minimum atomic E-state index is 0.908. The monoisotopic (exact) mass is 804 g/mol. The zero-order valence-electron chi connectivity index (χ0n) is 34.4. The van der Waals surface area contributed by atoms with E-state index in [4.69, 9.17) is 4.42 Å². The summed E-state index contributed by atoms with van der Waals surface area (Å²) in [6, 6.07) is 87.1. The first kappa shape index (κ1) is 36.5. The standard InChI is InChI=1S/C60H40N2O/c1-2-11-41(12-3-1)42-21-23-43(24-22-42)45-29-34-49(35-30-45)61(51-13-10-14-52(40-51)62-57-18-7-4-15-53(57)54-16-5-8-19-58(54)62)50-36-31-46(32-37-50)44-25-27-47(28-26-44)48-33-38-56-55-17-6-9-20-59(55)63-60(56)39-48/h1-40H. The number of benzene rings is 10. The smallest absolute Gasteiger partial charge is 0.136 e. The lowest BCUT2D eigenvalue weighted by Crippen LogP contribution is -2.10. The third kappa shape index (κ3) is 6.55. The molecule has 0 bridgehead atoms. The molecule has 0 aliphatic heterocycles. The summed E-state index contributed by atoms with van der Waals surface area (Å²) in [6.45, 7) is 0. The minimum Gasteiger partial charge on any atom is -0.456 e. The highest BCUT2D eigenvalue weighted by Crippen LogP contribution is 2.40. The first-order valence-electron chi connectivity index (χ1n) is 21.5. The van der Waals surface area contributed by atoms with Crippen molar-refractivity contribution in [3.05, 3.63) is 243 Å². The van der Waals surface area contributed by atoms with Gasteiger partial charge in [-0.3, -0.25) is 0 Å². The molecule has 0 aliphatic rings. The van der Waals surface area contributed by atoms with Crippen LogP contribution in [0.4, 0.5) is 17.1 Å². The van der Waals surface area contributed by atoms with Crippen LogP contribution in [0.5, 0.6) is 0 Å². The Morgan fingerprint density at radius 1 is 0.270 bits per heavy atom. The van der Waals surface area contributed by atoms with Crippen LogP contribution in [0.15, 0.2) is 247 Å². The highest BCUT2D eigenvalue weighted by atomic mass is 16.3. The van der Waals surface area contributed by atoms with Gasteiger partial charge in [-0.15, -0.1) is 0 Å². The quantitative estimate of drug-likeness (QED) is 0.153. The molecule has 0 saturated carbocycles. The van der Waals surface area contributed by atoms with Crippen molar-refractivity contribution in [2.75, 3.05) is 4.90 Å². The zero-order chi connectivity index (χ0) is 41.7. The number of furan rings is 1. The topological polar surface area (TPSA) is 21.3 Å². The molecule has 0 saturated heterocycles. The van der Waals surface area contributed by atoms with E-state index in [1.165, 1.54) is 44.1 Å². The Morgan fingerprint density at radius 2 is 0.698 bits per heavy atom. The molecule has 0 atom stereocenters. The Hall–Kier alpha value is -8.40. The van der Waals surface area contributed by atoms with E-state index in [1.807, 2.05) is 12.1 Å². The molecular weight excluding hydrogens is 765 g/mol. The number of anilines is 3. The van der Waals surface area contributed by atoms with E-state index >= 15 is 0 Å². The molecule has 12 aromatic rings. The van der Waals surface area contributed by atoms with Crippen LogP contribution in [0.2, 0.25) is 0 Å². The van der Waals surface area contributed by atoms with Crippen molar-refractivity contribution < 1.29 is 4.42 Å². The molecule has 0 spiro atoms. The number of hydrogen-bond acceptors (Lipinski definition) is 2. The number of para-hydroxylation sites is 3. The summed E-state index contributed by atoms with van der Waals surface area (Å²) in [7, 11) is 0. The van der Waals surface area contributed by atoms with Gasteiger partial charge in [-0.1, -0.05) is 170 Å². The summed E-state index contributed by atoms with van der Waals surface area (Å²) < 4.78 is 8.58. The van der Waals surface area contributed by atoms with Crippen LogP contribution < -0.4 is 4.90 Å². The second kappa shape index (κ2) is 15.3. The molecule has 0 radical (unpaired) electrons. The lowest BCUT2D eigenvalue weighted by atomic mass is 9.99. The van der Waals surface area contributed by atoms with Crippen LogP contribution in [0.1, 0.15) is 0 Å². The summed E-state index contributed by atoms with van der Waals surface area (Å²) >= 11 is 0. The molecule has 296 valence electrons. The first-order chi connectivity index (χ1) is 31.2. The molecule has 0 N–H and O–H groups in total. The molecule has 0 unspecified atom stereocenters. The first-order valence-corrected chi connectivity index (χ1v) is 21.5. The van der Waals surface area contributed by atoms with Gasteiger partial charge < -0.3 is 13.9 Å². The van der Waals surface area contributed by atoms with Crippen molar-refractivity contribution in [2.24, 2.45) is 0 Å². The van der Waals surface area contributed by atoms with Gasteiger partial charge in [0.15, 0.2) is 0 Å². The molecule has 0 aliphatic carbocycles. The van der Waals surface area contributed by atoms with Gasteiger partial charge in [0.1, 0.15) is 11.2 Å². The fourth-order valence-corrected chi connectivity index (χ4v) is 9.27. The molecule has 0 amide bonds. The molecule has 10 aromatic carbocycles. The van der Waals surface area contributed by atoms with Gasteiger partial charge in [0.05, 0.1) is 11.0 Å². The maximum Gasteiger partial charge on any atom is 0.136 e. The molecular formula is C60H40N2O. The maximum atomic E-state index is 6.20. The second-order valence-corrected chi connectivity index (χ2v) is 16.1. The van der Waals surface area contributed by atoms with Crippen molar-refractivity contribution in [1.29, 1.82) is 0 Å². The molecule has 12 rings (SSSR count). The van der Waals surface area contributed by atoms with Crippen molar-refractivity contribution >= 4 is 60.8 Å². The predicted molar refractivity (Wildman–Crippen MR) is 264 cm³/mol. The van der Waals surface area contributed by atoms with E-state index in [-0.39, 0.29) is 0 Å². The molecule has 3 heteroatoms. The van der Waals surface area contributed by atoms with Crippen LogP contribution in [-0.2, 0) is 0 Å². The average Bonchev–Trinajstić information content (AvgIpc) is 3.91. The number of nitrogens with zero attached hydrogens (tertiary/aromatic N) is 2. The van der Waals surface area contributed by atoms with Crippen LogP contribution in [0.3, 0.4) is 0 Å². The van der Waals surface area contributed by atoms with Gasteiger partial charge in [0.25, 0.3) is 0 Å². The van der Waals surface area contributed by atoms with Gasteiger partial charge in [-0.25, -0.2) is 0 Å². The van der Waals surface area contributed by atoms with Crippen LogP contribution in [0.25, 0.3) is 93.9 Å². The van der Waals surface area contributed by atoms with E-state index in [0.29, 0.717) is 0 Å². The highest BCUT2D eigenvalue weighted by Gasteiger charge is 2.17. The molecule has 3 nitrogen and oxygen atoms in total. The van der Waals surface area contributed by atoms with Crippen molar-refractivity contribution in [3.8, 4) is 50.2 Å². The maximum absolute atomic E-state index is 6.20. The fourth-order valence-electron chi connectivity index (χ4n) is 9.27. The summed E-state index contributed by atoms with van der Waals surface area (Å²) in [5, 5.41) is 4.79. The van der Waals surface area contributed by atoms with Gasteiger partial charge in [-0.2, -0.15) is 0 Å². The van der Waals surface area contributed by atoms with Crippen LogP contribution >= 0.6 is 0 Å². The Kier molecular flexibility index (Phi) is 8.83. The highest BCUT2D eigenvalue weighted by molar-refractivity contribution is 6.09. The number of aromatic nitrogens is 1. The van der Waals surface area contributed by atoms with Crippen molar-refractivity contribution in [3.63, 3.8) is 0 Å². The average molecular weight is 805 g/mol. The summed E-state index contributed by atoms with van der Waals surface area (Å²) in [6.07, 6.45) is 0. The van der Waals surface area contributed by atoms with Crippen molar-refractivity contribution in [2.45, 2.75) is 0 Å². The number of fused-ring (bicyclic) bond motifs is 6. The van der Waals surface area contributed by atoms with Gasteiger partial charge in [0.2, 0.25) is 0 Å². The predicted octanol–water partition coefficient (Wildman–Crippen LogP) is 16.8. The third-order valence-corrected chi connectivity index (χ3v) is 12.4.